The predicted octanol–water partition coefficient (Wildman–Crippen LogP) is 4.93. The van der Waals surface area contributed by atoms with Gasteiger partial charge in [-0.05, 0) is 69.7 Å². The topological polar surface area (TPSA) is 82.5 Å². The van der Waals surface area contributed by atoms with E-state index in [1.54, 1.807) is 17.2 Å². The van der Waals surface area contributed by atoms with Crippen LogP contribution in [0.3, 0.4) is 0 Å². The van der Waals surface area contributed by atoms with Crippen molar-refractivity contribution in [2.24, 2.45) is 0 Å². The second-order valence-electron chi connectivity index (χ2n) is 11.7. The number of piperidine rings is 2. The summed E-state index contributed by atoms with van der Waals surface area (Å²) < 4.78 is 42.8. The average Bonchev–Trinajstić information content (AvgIpc) is 3.50. The first-order valence-corrected chi connectivity index (χ1v) is 14.6. The van der Waals surface area contributed by atoms with Crippen LogP contribution in [0.15, 0.2) is 30.5 Å². The molecule has 0 radical (unpaired) electrons. The number of carbonyl (C=O) groups is 2. The van der Waals surface area contributed by atoms with Crippen LogP contribution in [0.5, 0.6) is 0 Å². The molecule has 1 aromatic carbocycles. The lowest BCUT2D eigenvalue weighted by molar-refractivity contribution is -0.138. The van der Waals surface area contributed by atoms with Crippen molar-refractivity contribution in [1.82, 2.24) is 30.2 Å². The monoisotopic (exact) mass is 594 g/mol. The predicted molar refractivity (Wildman–Crippen MR) is 150 cm³/mol. The van der Waals surface area contributed by atoms with Gasteiger partial charge in [-0.3, -0.25) is 9.48 Å². The molecule has 1 aromatic heterocycles. The van der Waals surface area contributed by atoms with Gasteiger partial charge in [0.25, 0.3) is 5.91 Å². The van der Waals surface area contributed by atoms with Crippen molar-refractivity contribution < 1.29 is 22.8 Å². The van der Waals surface area contributed by atoms with Gasteiger partial charge in [0.1, 0.15) is 0 Å². The Morgan fingerprint density at radius 1 is 0.902 bits per heavy atom. The van der Waals surface area contributed by atoms with E-state index in [-0.39, 0.29) is 60.4 Å². The maximum absolute atomic E-state index is 13.7. The van der Waals surface area contributed by atoms with Gasteiger partial charge in [-0.1, -0.05) is 18.2 Å². The van der Waals surface area contributed by atoms with E-state index in [0.29, 0.717) is 31.6 Å². The van der Waals surface area contributed by atoms with Crippen LogP contribution < -0.4 is 10.6 Å². The lowest BCUT2D eigenvalue weighted by atomic mass is 9.93. The molecular formula is C29H38ClF3N6O2. The number of urea groups is 1. The Labute approximate surface area is 244 Å². The van der Waals surface area contributed by atoms with Gasteiger partial charge in [0.05, 0.1) is 29.1 Å². The number of carbonyl (C=O) groups excluding carboxylic acids is 2. The highest BCUT2D eigenvalue weighted by Gasteiger charge is 2.40. The lowest BCUT2D eigenvalue weighted by Crippen LogP contribution is -2.50. The van der Waals surface area contributed by atoms with Gasteiger partial charge < -0.3 is 20.4 Å². The van der Waals surface area contributed by atoms with Crippen LogP contribution in [-0.4, -0.2) is 76.8 Å². The fourth-order valence-electron chi connectivity index (χ4n) is 6.62. The minimum Gasteiger partial charge on any atom is -0.338 e. The van der Waals surface area contributed by atoms with Gasteiger partial charge in [-0.15, -0.1) is 12.4 Å². The van der Waals surface area contributed by atoms with Crippen LogP contribution in [0.1, 0.15) is 90.0 Å². The number of nitrogens with one attached hydrogen (secondary N) is 2. The summed E-state index contributed by atoms with van der Waals surface area (Å²) in [5.41, 5.74) is 1.19. The van der Waals surface area contributed by atoms with E-state index >= 15 is 0 Å². The second kappa shape index (κ2) is 12.2. The number of alkyl halides is 3. The molecule has 3 aliphatic heterocycles. The van der Waals surface area contributed by atoms with Crippen molar-refractivity contribution in [1.29, 1.82) is 0 Å². The number of hydrogen-bond acceptors (Lipinski definition) is 4. The Bertz CT molecular complexity index is 1240. The van der Waals surface area contributed by atoms with Gasteiger partial charge in [0.2, 0.25) is 0 Å². The molecule has 3 amide bonds. The smallest absolute Gasteiger partial charge is 0.338 e. The van der Waals surface area contributed by atoms with Crippen molar-refractivity contribution in [3.63, 3.8) is 0 Å². The van der Waals surface area contributed by atoms with Gasteiger partial charge in [-0.2, -0.15) is 18.3 Å². The molecular weight excluding hydrogens is 557 g/mol. The zero-order valence-corrected chi connectivity index (χ0v) is 23.9. The summed E-state index contributed by atoms with van der Waals surface area (Å²) >= 11 is 0. The Morgan fingerprint density at radius 3 is 2.27 bits per heavy atom. The summed E-state index contributed by atoms with van der Waals surface area (Å²) in [6.07, 6.45) is 3.19. The number of hydrogen-bond donors (Lipinski definition) is 2. The molecule has 4 aliphatic rings. The van der Waals surface area contributed by atoms with Crippen molar-refractivity contribution in [2.45, 2.75) is 75.0 Å². The molecule has 41 heavy (non-hydrogen) atoms. The van der Waals surface area contributed by atoms with Crippen molar-refractivity contribution in [3.8, 4) is 0 Å². The highest BCUT2D eigenvalue weighted by atomic mass is 35.5. The minimum atomic E-state index is -4.42. The standard InChI is InChI=1S/C29H37F3N6O2.ClH/c30-29(31,32)25-4-2-1-3-23(25)20-9-14-37(18-20)27(39)24-17-34-38(26(24)19-5-6-19)22-10-15-36(16-11-22)28(40)35-21-7-12-33-13-8-21;/h1-4,17,19-22,33H,5-16,18H2,(H,35,40);1H/t20-;/m1./s1. The number of rotatable bonds is 5. The average molecular weight is 595 g/mol. The molecule has 1 atom stereocenters. The first-order valence-electron chi connectivity index (χ1n) is 14.6. The number of nitrogens with zero attached hydrogens (tertiary/aromatic N) is 4. The van der Waals surface area contributed by atoms with Crippen LogP contribution in [0.2, 0.25) is 0 Å². The Hall–Kier alpha value is -2.79. The third kappa shape index (κ3) is 6.35. The van der Waals surface area contributed by atoms with E-state index in [2.05, 4.69) is 15.7 Å². The van der Waals surface area contributed by atoms with Crippen LogP contribution in [-0.2, 0) is 6.18 Å². The molecule has 4 fully saturated rings. The molecule has 3 saturated heterocycles. The van der Waals surface area contributed by atoms with Gasteiger partial charge in [0.15, 0.2) is 0 Å². The molecule has 0 bridgehead atoms. The van der Waals surface area contributed by atoms with Crippen molar-refractivity contribution in [2.75, 3.05) is 39.3 Å². The van der Waals surface area contributed by atoms with E-state index in [1.807, 2.05) is 9.58 Å². The van der Waals surface area contributed by atoms with Crippen molar-refractivity contribution in [3.05, 3.63) is 52.8 Å². The van der Waals surface area contributed by atoms with E-state index in [1.165, 1.54) is 12.1 Å². The molecule has 1 saturated carbocycles. The van der Waals surface area contributed by atoms with Crippen LogP contribution in [0.25, 0.3) is 0 Å². The maximum atomic E-state index is 13.7. The second-order valence-corrected chi connectivity index (χ2v) is 11.7. The molecule has 12 heteroatoms. The van der Waals surface area contributed by atoms with Gasteiger partial charge in [-0.25, -0.2) is 4.79 Å². The lowest BCUT2D eigenvalue weighted by Gasteiger charge is -2.34. The molecule has 0 unspecified atom stereocenters. The summed E-state index contributed by atoms with van der Waals surface area (Å²) in [7, 11) is 0. The first kappa shape index (κ1) is 29.7. The largest absolute Gasteiger partial charge is 0.416 e. The third-order valence-electron chi connectivity index (χ3n) is 8.97. The molecule has 2 aromatic rings. The first-order chi connectivity index (χ1) is 19.3. The van der Waals surface area contributed by atoms with E-state index in [0.717, 1.165) is 63.4 Å². The quantitative estimate of drug-likeness (QED) is 0.514. The molecule has 6 rings (SSSR count). The molecule has 4 heterocycles. The molecule has 2 N–H and O–H groups in total. The van der Waals surface area contributed by atoms with E-state index < -0.39 is 11.7 Å². The molecule has 224 valence electrons. The highest BCUT2D eigenvalue weighted by molar-refractivity contribution is 5.95. The molecule has 0 spiro atoms. The summed E-state index contributed by atoms with van der Waals surface area (Å²) in [5.74, 6) is -0.201. The Balaban J connectivity index is 0.00000337. The SMILES string of the molecule is Cl.O=C(NC1CCNCC1)N1CCC(n2ncc(C(=O)N3CC[C@@H](c4ccccc4C(F)(F)F)C3)c2C2CC2)CC1. The minimum absolute atomic E-state index is 0. The van der Waals surface area contributed by atoms with Gasteiger partial charge >= 0.3 is 12.2 Å². The number of halogens is 4. The number of aromatic nitrogens is 2. The fraction of sp³-hybridized carbons (Fsp3) is 0.621. The fourth-order valence-corrected chi connectivity index (χ4v) is 6.62. The summed E-state index contributed by atoms with van der Waals surface area (Å²) in [5, 5.41) is 11.2. The van der Waals surface area contributed by atoms with Gasteiger partial charge in [0, 0.05) is 44.1 Å². The highest BCUT2D eigenvalue weighted by Crippen LogP contribution is 2.44. The maximum Gasteiger partial charge on any atom is 0.416 e. The Morgan fingerprint density at radius 2 is 1.59 bits per heavy atom. The molecule has 8 nitrogen and oxygen atoms in total. The summed E-state index contributed by atoms with van der Waals surface area (Å²) in [6.45, 7) is 3.83. The number of amides is 3. The normalized spacial score (nSPS) is 22.5. The zero-order chi connectivity index (χ0) is 27.9. The van der Waals surface area contributed by atoms with Crippen LogP contribution >= 0.6 is 12.4 Å². The number of likely N-dealkylation sites (tertiary alicyclic amines) is 2. The summed E-state index contributed by atoms with van der Waals surface area (Å²) in [6, 6.07) is 6.04. The zero-order valence-electron chi connectivity index (χ0n) is 23.0. The third-order valence-corrected chi connectivity index (χ3v) is 8.97. The molecule has 1 aliphatic carbocycles. The van der Waals surface area contributed by atoms with Crippen LogP contribution in [0, 0.1) is 0 Å². The van der Waals surface area contributed by atoms with Crippen molar-refractivity contribution >= 4 is 24.3 Å². The van der Waals surface area contributed by atoms with E-state index in [9.17, 15) is 22.8 Å². The Kier molecular flexibility index (Phi) is 8.84. The summed E-state index contributed by atoms with van der Waals surface area (Å²) in [4.78, 5) is 30.0. The number of benzene rings is 1. The van der Waals surface area contributed by atoms with E-state index in [4.69, 9.17) is 0 Å². The van der Waals surface area contributed by atoms with Crippen LogP contribution in [0.4, 0.5) is 18.0 Å².